The van der Waals surface area contributed by atoms with Crippen molar-refractivity contribution in [1.82, 2.24) is 14.3 Å². The lowest BCUT2D eigenvalue weighted by atomic mass is 10.2. The Morgan fingerprint density at radius 2 is 1.69 bits per heavy atom. The third-order valence-electron chi connectivity index (χ3n) is 4.87. The summed E-state index contributed by atoms with van der Waals surface area (Å²) in [6.45, 7) is 1.18. The zero-order valence-corrected chi connectivity index (χ0v) is 17.7. The highest BCUT2D eigenvalue weighted by Gasteiger charge is 2.25. The van der Waals surface area contributed by atoms with Crippen LogP contribution in [0.1, 0.15) is 31.6 Å². The van der Waals surface area contributed by atoms with E-state index < -0.39 is 10.0 Å². The zero-order chi connectivity index (χ0) is 20.1. The van der Waals surface area contributed by atoms with E-state index in [0.29, 0.717) is 24.7 Å². The maximum Gasteiger partial charge on any atom is 0.244 e. The predicted molar refractivity (Wildman–Crippen MR) is 113 cm³/mol. The van der Waals surface area contributed by atoms with E-state index in [9.17, 15) is 8.42 Å². The standard InChI is InChI=1S/C21H23N3O3S2/c25-29(26,24-12-6-1-2-7-13-24)18-10-11-21(23-14-18)28-16-20-22-15-19(27-20)17-8-4-3-5-9-17/h3-5,8-11,14-15H,1-2,6-7,12-13,16H2. The highest BCUT2D eigenvalue weighted by atomic mass is 32.2. The number of nitrogens with zero attached hydrogens (tertiary/aromatic N) is 3. The molecule has 2 aromatic heterocycles. The Balaban J connectivity index is 1.39. The maximum absolute atomic E-state index is 12.8. The molecule has 0 saturated carbocycles. The number of hydrogen-bond donors (Lipinski definition) is 0. The minimum absolute atomic E-state index is 0.256. The van der Waals surface area contributed by atoms with Gasteiger partial charge in [-0.1, -0.05) is 54.9 Å². The van der Waals surface area contributed by atoms with Crippen LogP contribution in [-0.2, 0) is 15.8 Å². The molecule has 0 aliphatic carbocycles. The van der Waals surface area contributed by atoms with Crippen LogP contribution in [0.2, 0.25) is 0 Å². The summed E-state index contributed by atoms with van der Waals surface area (Å²) in [7, 11) is -3.47. The normalized spacial score (nSPS) is 15.9. The molecule has 152 valence electrons. The molecule has 1 saturated heterocycles. The van der Waals surface area contributed by atoms with Gasteiger partial charge in [0.05, 0.1) is 17.0 Å². The molecule has 1 fully saturated rings. The topological polar surface area (TPSA) is 76.3 Å². The third kappa shape index (κ3) is 4.88. The summed E-state index contributed by atoms with van der Waals surface area (Å²) < 4.78 is 33.0. The maximum atomic E-state index is 12.8. The van der Waals surface area contributed by atoms with Crippen LogP contribution in [0.4, 0.5) is 0 Å². The second-order valence-electron chi connectivity index (χ2n) is 6.92. The van der Waals surface area contributed by atoms with Crippen molar-refractivity contribution >= 4 is 21.8 Å². The smallest absolute Gasteiger partial charge is 0.244 e. The van der Waals surface area contributed by atoms with E-state index in [2.05, 4.69) is 9.97 Å². The molecule has 6 nitrogen and oxygen atoms in total. The van der Waals surface area contributed by atoms with E-state index in [1.807, 2.05) is 30.3 Å². The van der Waals surface area contributed by atoms with Crippen LogP contribution >= 0.6 is 11.8 Å². The van der Waals surface area contributed by atoms with Gasteiger partial charge in [0, 0.05) is 24.8 Å². The number of oxazole rings is 1. The lowest BCUT2D eigenvalue weighted by Gasteiger charge is -2.19. The molecule has 1 aromatic carbocycles. The Morgan fingerprint density at radius 3 is 2.38 bits per heavy atom. The van der Waals surface area contributed by atoms with Crippen LogP contribution in [0.25, 0.3) is 11.3 Å². The van der Waals surface area contributed by atoms with E-state index in [4.69, 9.17) is 4.42 Å². The number of rotatable bonds is 6. The van der Waals surface area contributed by atoms with Crippen molar-refractivity contribution < 1.29 is 12.8 Å². The predicted octanol–water partition coefficient (Wildman–Crippen LogP) is 4.59. The molecule has 0 amide bonds. The summed E-state index contributed by atoms with van der Waals surface area (Å²) >= 11 is 1.46. The van der Waals surface area contributed by atoms with Crippen molar-refractivity contribution in [2.24, 2.45) is 0 Å². The first-order valence-corrected chi connectivity index (χ1v) is 12.1. The van der Waals surface area contributed by atoms with Gasteiger partial charge in [0.25, 0.3) is 0 Å². The Kier molecular flexibility index (Phi) is 6.32. The molecule has 1 aliphatic heterocycles. The number of thioether (sulfide) groups is 1. The molecule has 0 unspecified atom stereocenters. The van der Waals surface area contributed by atoms with Gasteiger partial charge in [0.1, 0.15) is 4.90 Å². The van der Waals surface area contributed by atoms with Crippen LogP contribution in [0.3, 0.4) is 0 Å². The Hall–Kier alpha value is -2.16. The van der Waals surface area contributed by atoms with Crippen LogP contribution < -0.4 is 0 Å². The van der Waals surface area contributed by atoms with Crippen molar-refractivity contribution in [3.8, 4) is 11.3 Å². The van der Waals surface area contributed by atoms with E-state index in [1.54, 1.807) is 22.6 Å². The quantitative estimate of drug-likeness (QED) is 0.533. The fourth-order valence-electron chi connectivity index (χ4n) is 3.28. The monoisotopic (exact) mass is 429 g/mol. The van der Waals surface area contributed by atoms with Gasteiger partial charge in [-0.05, 0) is 25.0 Å². The summed E-state index contributed by atoms with van der Waals surface area (Å²) in [6, 6.07) is 13.2. The first kappa shape index (κ1) is 20.1. The van der Waals surface area contributed by atoms with Gasteiger partial charge in [-0.25, -0.2) is 18.4 Å². The van der Waals surface area contributed by atoms with Gasteiger partial charge in [-0.2, -0.15) is 4.31 Å². The number of pyridine rings is 1. The van der Waals surface area contributed by atoms with E-state index in [0.717, 1.165) is 42.0 Å². The van der Waals surface area contributed by atoms with Crippen LogP contribution in [-0.4, -0.2) is 35.8 Å². The molecule has 0 bridgehead atoms. The molecule has 0 atom stereocenters. The summed E-state index contributed by atoms with van der Waals surface area (Å²) in [5, 5.41) is 0.735. The van der Waals surface area contributed by atoms with E-state index in [-0.39, 0.29) is 4.90 Å². The number of sulfonamides is 1. The van der Waals surface area contributed by atoms with Crippen molar-refractivity contribution in [3.05, 3.63) is 60.7 Å². The fraction of sp³-hybridized carbons (Fsp3) is 0.333. The van der Waals surface area contributed by atoms with Crippen LogP contribution in [0, 0.1) is 0 Å². The summed E-state index contributed by atoms with van der Waals surface area (Å²) in [5.41, 5.74) is 0.984. The highest BCUT2D eigenvalue weighted by molar-refractivity contribution is 7.98. The van der Waals surface area contributed by atoms with Gasteiger partial charge >= 0.3 is 0 Å². The van der Waals surface area contributed by atoms with Crippen molar-refractivity contribution in [1.29, 1.82) is 0 Å². The third-order valence-corrected chi connectivity index (χ3v) is 7.68. The zero-order valence-electron chi connectivity index (χ0n) is 16.0. The van der Waals surface area contributed by atoms with Crippen molar-refractivity contribution in [2.45, 2.75) is 41.4 Å². The van der Waals surface area contributed by atoms with Crippen molar-refractivity contribution in [2.75, 3.05) is 13.1 Å². The average Bonchev–Trinajstić information content (AvgIpc) is 3.05. The molecular formula is C21H23N3O3S2. The Bertz CT molecular complexity index is 1030. The number of benzene rings is 1. The SMILES string of the molecule is O=S(=O)(c1ccc(SCc2ncc(-c3ccccc3)o2)nc1)N1CCCCCC1. The lowest BCUT2D eigenvalue weighted by Crippen LogP contribution is -2.32. The van der Waals surface area contributed by atoms with Crippen LogP contribution in [0.5, 0.6) is 0 Å². The lowest BCUT2D eigenvalue weighted by molar-refractivity contribution is 0.423. The van der Waals surface area contributed by atoms with Gasteiger partial charge in [0.15, 0.2) is 5.76 Å². The summed E-state index contributed by atoms with van der Waals surface area (Å²) in [4.78, 5) is 8.90. The molecule has 3 heterocycles. The molecule has 3 aromatic rings. The second-order valence-corrected chi connectivity index (χ2v) is 9.86. The van der Waals surface area contributed by atoms with E-state index >= 15 is 0 Å². The first-order chi connectivity index (χ1) is 14.1. The number of aromatic nitrogens is 2. The van der Waals surface area contributed by atoms with Crippen molar-refractivity contribution in [3.63, 3.8) is 0 Å². The van der Waals surface area contributed by atoms with Gasteiger partial charge in [0.2, 0.25) is 15.9 Å². The van der Waals surface area contributed by atoms with Gasteiger partial charge < -0.3 is 4.42 Å². The number of hydrogen-bond acceptors (Lipinski definition) is 6. The minimum Gasteiger partial charge on any atom is -0.440 e. The Morgan fingerprint density at radius 1 is 0.931 bits per heavy atom. The minimum atomic E-state index is -3.47. The van der Waals surface area contributed by atoms with E-state index in [1.165, 1.54) is 18.0 Å². The largest absolute Gasteiger partial charge is 0.440 e. The molecule has 1 aliphatic rings. The summed E-state index contributed by atoms with van der Waals surface area (Å²) in [5.74, 6) is 1.86. The van der Waals surface area contributed by atoms with Gasteiger partial charge in [-0.15, -0.1) is 0 Å². The van der Waals surface area contributed by atoms with Gasteiger partial charge in [-0.3, -0.25) is 0 Å². The molecular weight excluding hydrogens is 406 g/mol. The molecule has 4 rings (SSSR count). The summed E-state index contributed by atoms with van der Waals surface area (Å²) in [6.07, 6.45) is 7.19. The second kappa shape index (κ2) is 9.11. The highest BCUT2D eigenvalue weighted by Crippen LogP contribution is 2.26. The first-order valence-electron chi connectivity index (χ1n) is 9.72. The average molecular weight is 430 g/mol. The Labute approximate surface area is 175 Å². The fourth-order valence-corrected chi connectivity index (χ4v) is 5.44. The molecule has 8 heteroatoms. The molecule has 0 N–H and O–H groups in total. The van der Waals surface area contributed by atoms with Crippen LogP contribution in [0.15, 0.2) is 69.2 Å². The molecule has 0 spiro atoms. The molecule has 29 heavy (non-hydrogen) atoms. The molecule has 0 radical (unpaired) electrons.